The molecule has 0 aromatic heterocycles. The van der Waals surface area contributed by atoms with Crippen molar-refractivity contribution in [3.63, 3.8) is 0 Å². The first-order valence-corrected chi connectivity index (χ1v) is 5.61. The summed E-state index contributed by atoms with van der Waals surface area (Å²) < 4.78 is 0. The third kappa shape index (κ3) is 4.02. The van der Waals surface area contributed by atoms with Crippen LogP contribution in [0.5, 0.6) is 0 Å². The Bertz CT molecular complexity index is 347. The van der Waals surface area contributed by atoms with E-state index in [1.165, 1.54) is 5.56 Å². The summed E-state index contributed by atoms with van der Waals surface area (Å²) in [6.45, 7) is 4.68. The van der Waals surface area contributed by atoms with Crippen molar-refractivity contribution >= 4 is 22.9 Å². The molecule has 0 unspecified atom stereocenters. The first kappa shape index (κ1) is 14.0. The van der Waals surface area contributed by atoms with Crippen LogP contribution >= 0.6 is 17.0 Å². The van der Waals surface area contributed by atoms with Gasteiger partial charge in [-0.15, -0.1) is 17.0 Å². The van der Waals surface area contributed by atoms with Crippen molar-refractivity contribution in [3.8, 4) is 0 Å². The second kappa shape index (κ2) is 6.61. The molecule has 1 aliphatic heterocycles. The quantitative estimate of drug-likeness (QED) is 0.639. The van der Waals surface area contributed by atoms with Gasteiger partial charge in [0.15, 0.2) is 5.96 Å². The van der Waals surface area contributed by atoms with Crippen LogP contribution in [0.1, 0.15) is 5.56 Å². The van der Waals surface area contributed by atoms with Crippen LogP contribution in [0.2, 0.25) is 0 Å². The van der Waals surface area contributed by atoms with Crippen LogP contribution in [0.4, 0.5) is 0 Å². The Hall–Kier alpha value is -1.07. The molecule has 0 aliphatic carbocycles. The van der Waals surface area contributed by atoms with Gasteiger partial charge >= 0.3 is 0 Å². The minimum absolute atomic E-state index is 0. The molecule has 2 rings (SSSR count). The number of halogens is 1. The SMILES string of the molecule is Br.N=C(N)N1CCN(Cc2ccccc2)CC1. The zero-order chi connectivity index (χ0) is 11.4. The topological polar surface area (TPSA) is 56.4 Å². The lowest BCUT2D eigenvalue weighted by atomic mass is 10.2. The summed E-state index contributed by atoms with van der Waals surface area (Å²) in [5, 5.41) is 7.36. The molecule has 4 nitrogen and oxygen atoms in total. The molecule has 0 amide bonds. The van der Waals surface area contributed by atoms with Gasteiger partial charge in [-0.3, -0.25) is 10.3 Å². The highest BCUT2D eigenvalue weighted by Crippen LogP contribution is 2.07. The third-order valence-electron chi connectivity index (χ3n) is 2.96. The predicted octanol–water partition coefficient (Wildman–Crippen LogP) is 1.28. The number of benzene rings is 1. The highest BCUT2D eigenvalue weighted by atomic mass is 79.9. The summed E-state index contributed by atoms with van der Waals surface area (Å²) in [7, 11) is 0. The number of nitrogens with two attached hydrogens (primary N) is 1. The molecule has 1 aromatic rings. The van der Waals surface area contributed by atoms with Crippen LogP contribution in [0.3, 0.4) is 0 Å². The molecule has 1 aliphatic rings. The highest BCUT2D eigenvalue weighted by Gasteiger charge is 2.17. The Balaban J connectivity index is 0.00000144. The van der Waals surface area contributed by atoms with E-state index in [1.807, 2.05) is 11.0 Å². The van der Waals surface area contributed by atoms with Crippen LogP contribution in [0.15, 0.2) is 30.3 Å². The normalized spacial score (nSPS) is 16.4. The highest BCUT2D eigenvalue weighted by molar-refractivity contribution is 8.93. The molecule has 0 saturated carbocycles. The Labute approximate surface area is 113 Å². The zero-order valence-electron chi connectivity index (χ0n) is 9.80. The molecule has 1 saturated heterocycles. The first-order chi connectivity index (χ1) is 7.75. The average molecular weight is 299 g/mol. The molecule has 1 heterocycles. The molecular formula is C12H19BrN4. The minimum atomic E-state index is 0. The van der Waals surface area contributed by atoms with E-state index >= 15 is 0 Å². The van der Waals surface area contributed by atoms with E-state index < -0.39 is 0 Å². The Kier molecular flexibility index (Phi) is 5.44. The number of nitrogens with zero attached hydrogens (tertiary/aromatic N) is 2. The summed E-state index contributed by atoms with van der Waals surface area (Å²) in [5.41, 5.74) is 6.80. The lowest BCUT2D eigenvalue weighted by molar-refractivity contribution is 0.174. The molecule has 0 spiro atoms. The third-order valence-corrected chi connectivity index (χ3v) is 2.96. The number of nitrogens with one attached hydrogen (secondary N) is 1. The van der Waals surface area contributed by atoms with Crippen molar-refractivity contribution in [2.24, 2.45) is 5.73 Å². The maximum absolute atomic E-state index is 7.36. The molecule has 17 heavy (non-hydrogen) atoms. The maximum atomic E-state index is 7.36. The van der Waals surface area contributed by atoms with Crippen LogP contribution in [0.25, 0.3) is 0 Å². The van der Waals surface area contributed by atoms with Crippen molar-refractivity contribution in [3.05, 3.63) is 35.9 Å². The van der Waals surface area contributed by atoms with Gasteiger partial charge in [0, 0.05) is 32.7 Å². The van der Waals surface area contributed by atoms with Gasteiger partial charge in [0.1, 0.15) is 0 Å². The molecule has 1 fully saturated rings. The van der Waals surface area contributed by atoms with Gasteiger partial charge in [0.05, 0.1) is 0 Å². The minimum Gasteiger partial charge on any atom is -0.370 e. The second-order valence-electron chi connectivity index (χ2n) is 4.13. The molecule has 5 heteroatoms. The molecule has 3 N–H and O–H groups in total. The van der Waals surface area contributed by atoms with Crippen LogP contribution < -0.4 is 5.73 Å². The molecule has 0 radical (unpaired) electrons. The fourth-order valence-corrected chi connectivity index (χ4v) is 1.99. The zero-order valence-corrected chi connectivity index (χ0v) is 11.5. The summed E-state index contributed by atoms with van der Waals surface area (Å²) >= 11 is 0. The van der Waals surface area contributed by atoms with Crippen LogP contribution in [0, 0.1) is 5.41 Å². The van der Waals surface area contributed by atoms with Gasteiger partial charge in [-0.2, -0.15) is 0 Å². The van der Waals surface area contributed by atoms with Gasteiger partial charge in [-0.1, -0.05) is 30.3 Å². The van der Waals surface area contributed by atoms with Gasteiger partial charge in [-0.25, -0.2) is 0 Å². The number of hydrogen-bond acceptors (Lipinski definition) is 2. The van der Waals surface area contributed by atoms with Crippen molar-refractivity contribution < 1.29 is 0 Å². The molecular weight excluding hydrogens is 280 g/mol. The number of rotatable bonds is 2. The van der Waals surface area contributed by atoms with Gasteiger partial charge < -0.3 is 10.6 Å². The van der Waals surface area contributed by atoms with E-state index in [-0.39, 0.29) is 22.9 Å². The van der Waals surface area contributed by atoms with Crippen molar-refractivity contribution in [1.29, 1.82) is 5.41 Å². The van der Waals surface area contributed by atoms with E-state index in [0.717, 1.165) is 32.7 Å². The predicted molar refractivity (Wildman–Crippen MR) is 75.5 cm³/mol. The number of guanidine groups is 1. The fraction of sp³-hybridized carbons (Fsp3) is 0.417. The van der Waals surface area contributed by atoms with E-state index in [4.69, 9.17) is 11.1 Å². The molecule has 0 atom stereocenters. The Morgan fingerprint density at radius 2 is 1.71 bits per heavy atom. The van der Waals surface area contributed by atoms with Crippen molar-refractivity contribution in [1.82, 2.24) is 9.80 Å². The Morgan fingerprint density at radius 1 is 1.12 bits per heavy atom. The average Bonchev–Trinajstić information content (AvgIpc) is 2.31. The lowest BCUT2D eigenvalue weighted by Crippen LogP contribution is -2.50. The maximum Gasteiger partial charge on any atom is 0.188 e. The Morgan fingerprint density at radius 3 is 2.24 bits per heavy atom. The summed E-state index contributed by atoms with van der Waals surface area (Å²) in [5.74, 6) is 0.194. The monoisotopic (exact) mass is 298 g/mol. The van der Waals surface area contributed by atoms with E-state index in [0.29, 0.717) is 0 Å². The first-order valence-electron chi connectivity index (χ1n) is 5.61. The molecule has 94 valence electrons. The number of hydrogen-bond donors (Lipinski definition) is 2. The van der Waals surface area contributed by atoms with Crippen LogP contribution in [-0.2, 0) is 6.54 Å². The van der Waals surface area contributed by atoms with Gasteiger partial charge in [-0.05, 0) is 5.56 Å². The van der Waals surface area contributed by atoms with Crippen molar-refractivity contribution in [2.75, 3.05) is 26.2 Å². The standard InChI is InChI=1S/C12H18N4.BrH/c13-12(14)16-8-6-15(7-9-16)10-11-4-2-1-3-5-11;/h1-5H,6-10H2,(H3,13,14);1H. The summed E-state index contributed by atoms with van der Waals surface area (Å²) in [6, 6.07) is 10.5. The van der Waals surface area contributed by atoms with Gasteiger partial charge in [0.2, 0.25) is 0 Å². The smallest absolute Gasteiger partial charge is 0.188 e. The van der Waals surface area contributed by atoms with E-state index in [9.17, 15) is 0 Å². The molecule has 1 aromatic carbocycles. The van der Waals surface area contributed by atoms with E-state index in [1.54, 1.807) is 0 Å². The fourth-order valence-electron chi connectivity index (χ4n) is 1.99. The van der Waals surface area contributed by atoms with E-state index in [2.05, 4.69) is 29.2 Å². The van der Waals surface area contributed by atoms with Gasteiger partial charge in [0.25, 0.3) is 0 Å². The summed E-state index contributed by atoms with van der Waals surface area (Å²) in [6.07, 6.45) is 0. The van der Waals surface area contributed by atoms with Crippen LogP contribution in [-0.4, -0.2) is 41.9 Å². The number of piperazine rings is 1. The van der Waals surface area contributed by atoms with Crippen molar-refractivity contribution in [2.45, 2.75) is 6.54 Å². The molecule has 0 bridgehead atoms. The summed E-state index contributed by atoms with van der Waals surface area (Å²) in [4.78, 5) is 4.32. The lowest BCUT2D eigenvalue weighted by Gasteiger charge is -2.34. The second-order valence-corrected chi connectivity index (χ2v) is 4.13. The largest absolute Gasteiger partial charge is 0.370 e.